The largest absolute Gasteiger partial charge is 0.385 e. The molecule has 0 radical (unpaired) electrons. The van der Waals surface area contributed by atoms with Crippen LogP contribution in [0.4, 0.5) is 5.82 Å². The number of hydrogen-bond donors (Lipinski definition) is 1. The van der Waals surface area contributed by atoms with Crippen LogP contribution in [0.3, 0.4) is 0 Å². The van der Waals surface area contributed by atoms with Gasteiger partial charge in [-0.25, -0.2) is 0 Å². The van der Waals surface area contributed by atoms with Crippen LogP contribution < -0.4 is 5.73 Å². The van der Waals surface area contributed by atoms with E-state index in [0.29, 0.717) is 0 Å². The molecule has 0 fully saturated rings. The predicted molar refractivity (Wildman–Crippen MR) is 55.3 cm³/mol. The van der Waals surface area contributed by atoms with E-state index < -0.39 is 0 Å². The molecule has 0 aliphatic carbocycles. The van der Waals surface area contributed by atoms with Crippen LogP contribution in [-0.4, -0.2) is 4.57 Å². The summed E-state index contributed by atoms with van der Waals surface area (Å²) >= 11 is 0. The molecule has 2 rings (SSSR count). The minimum atomic E-state index is 0.791. The molecule has 2 aromatic rings. The second-order valence-corrected chi connectivity index (χ2v) is 3.13. The van der Waals surface area contributed by atoms with Crippen molar-refractivity contribution in [1.29, 1.82) is 0 Å². The van der Waals surface area contributed by atoms with Crippen molar-refractivity contribution in [1.82, 2.24) is 4.57 Å². The summed E-state index contributed by atoms with van der Waals surface area (Å²) in [4.78, 5) is 0. The Hall–Kier alpha value is -1.70. The summed E-state index contributed by atoms with van der Waals surface area (Å²) in [6, 6.07) is 12.2. The molecule has 0 saturated carbocycles. The van der Waals surface area contributed by atoms with E-state index in [1.807, 2.05) is 42.1 Å². The Morgan fingerprint density at radius 1 is 1.08 bits per heavy atom. The van der Waals surface area contributed by atoms with Gasteiger partial charge in [0.15, 0.2) is 0 Å². The van der Waals surface area contributed by atoms with Crippen molar-refractivity contribution in [3.8, 4) is 11.1 Å². The molecule has 0 spiro atoms. The minimum Gasteiger partial charge on any atom is -0.385 e. The highest BCUT2D eigenvalue weighted by molar-refractivity contribution is 5.66. The topological polar surface area (TPSA) is 30.9 Å². The molecule has 13 heavy (non-hydrogen) atoms. The van der Waals surface area contributed by atoms with Gasteiger partial charge in [0.05, 0.1) is 0 Å². The number of benzene rings is 1. The Labute approximate surface area is 77.6 Å². The summed E-state index contributed by atoms with van der Waals surface area (Å²) in [6.45, 7) is 0. The number of aryl methyl sites for hydroxylation is 1. The molecule has 0 saturated heterocycles. The van der Waals surface area contributed by atoms with Gasteiger partial charge in [0, 0.05) is 18.8 Å². The summed E-state index contributed by atoms with van der Waals surface area (Å²) in [6.07, 6.45) is 2.03. The fourth-order valence-corrected chi connectivity index (χ4v) is 1.37. The number of hydrogen-bond acceptors (Lipinski definition) is 1. The molecule has 1 aromatic heterocycles. The molecule has 0 aliphatic rings. The molecular weight excluding hydrogens is 160 g/mol. The first-order chi connectivity index (χ1) is 6.27. The Bertz CT molecular complexity index is 382. The van der Waals surface area contributed by atoms with Gasteiger partial charge in [-0.15, -0.1) is 0 Å². The van der Waals surface area contributed by atoms with Crippen LogP contribution in [0.25, 0.3) is 11.1 Å². The molecule has 1 aromatic carbocycles. The normalized spacial score (nSPS) is 10.2. The van der Waals surface area contributed by atoms with E-state index in [9.17, 15) is 0 Å². The first-order valence-electron chi connectivity index (χ1n) is 4.24. The van der Waals surface area contributed by atoms with E-state index in [4.69, 9.17) is 5.73 Å². The van der Waals surface area contributed by atoms with Gasteiger partial charge in [0.1, 0.15) is 5.82 Å². The van der Waals surface area contributed by atoms with Gasteiger partial charge in [-0.1, -0.05) is 30.3 Å². The smallest absolute Gasteiger partial charge is 0.103 e. The zero-order valence-corrected chi connectivity index (χ0v) is 7.57. The molecule has 0 unspecified atom stereocenters. The third kappa shape index (κ3) is 1.43. The summed E-state index contributed by atoms with van der Waals surface area (Å²) in [7, 11) is 1.95. The summed E-state index contributed by atoms with van der Waals surface area (Å²) in [5.41, 5.74) is 8.11. The van der Waals surface area contributed by atoms with Crippen molar-refractivity contribution in [2.75, 3.05) is 5.73 Å². The Morgan fingerprint density at radius 3 is 2.31 bits per heavy atom. The fourth-order valence-electron chi connectivity index (χ4n) is 1.37. The van der Waals surface area contributed by atoms with Crippen molar-refractivity contribution in [3.05, 3.63) is 42.6 Å². The van der Waals surface area contributed by atoms with Gasteiger partial charge in [-0.3, -0.25) is 0 Å². The molecule has 2 nitrogen and oxygen atoms in total. The van der Waals surface area contributed by atoms with E-state index in [2.05, 4.69) is 12.1 Å². The molecule has 0 aliphatic heterocycles. The first-order valence-corrected chi connectivity index (χ1v) is 4.24. The maximum Gasteiger partial charge on any atom is 0.103 e. The highest BCUT2D eigenvalue weighted by Crippen LogP contribution is 2.21. The van der Waals surface area contributed by atoms with Crippen LogP contribution in [0, 0.1) is 0 Å². The third-order valence-electron chi connectivity index (χ3n) is 2.15. The maximum atomic E-state index is 5.74. The number of nitrogens with zero attached hydrogens (tertiary/aromatic N) is 1. The van der Waals surface area contributed by atoms with Gasteiger partial charge >= 0.3 is 0 Å². The van der Waals surface area contributed by atoms with E-state index >= 15 is 0 Å². The van der Waals surface area contributed by atoms with Gasteiger partial charge in [-0.2, -0.15) is 0 Å². The second-order valence-electron chi connectivity index (χ2n) is 3.13. The molecule has 0 amide bonds. The van der Waals surface area contributed by atoms with E-state index in [1.165, 1.54) is 11.1 Å². The zero-order valence-electron chi connectivity index (χ0n) is 7.57. The first kappa shape index (κ1) is 7.92. The lowest BCUT2D eigenvalue weighted by atomic mass is 10.1. The molecule has 2 N–H and O–H groups in total. The summed E-state index contributed by atoms with van der Waals surface area (Å²) in [5.74, 6) is 0.791. The quantitative estimate of drug-likeness (QED) is 0.702. The van der Waals surface area contributed by atoms with Crippen molar-refractivity contribution in [2.45, 2.75) is 0 Å². The Morgan fingerprint density at radius 2 is 1.77 bits per heavy atom. The number of nitrogen functional groups attached to an aromatic ring is 1. The molecule has 1 heterocycles. The van der Waals surface area contributed by atoms with Crippen LogP contribution in [0.2, 0.25) is 0 Å². The van der Waals surface area contributed by atoms with Crippen LogP contribution in [0.1, 0.15) is 0 Å². The highest BCUT2D eigenvalue weighted by atomic mass is 15.0. The number of rotatable bonds is 1. The van der Waals surface area contributed by atoms with Crippen molar-refractivity contribution in [3.63, 3.8) is 0 Å². The molecule has 0 atom stereocenters. The second kappa shape index (κ2) is 2.98. The monoisotopic (exact) mass is 172 g/mol. The molecule has 2 heteroatoms. The Kier molecular flexibility index (Phi) is 1.81. The zero-order chi connectivity index (χ0) is 9.26. The van der Waals surface area contributed by atoms with Gasteiger partial charge < -0.3 is 10.3 Å². The molecule has 66 valence electrons. The van der Waals surface area contributed by atoms with Crippen LogP contribution in [-0.2, 0) is 7.05 Å². The standard InChI is InChI=1S/C11H12N2/c1-13-8-10(7-11(13)12)9-5-3-2-4-6-9/h2-8H,12H2,1H3. The lowest BCUT2D eigenvalue weighted by Gasteiger charge is -1.94. The minimum absolute atomic E-state index is 0.791. The van der Waals surface area contributed by atoms with Crippen molar-refractivity contribution < 1.29 is 0 Å². The molecule has 0 bridgehead atoms. The average molecular weight is 172 g/mol. The number of nitrogens with two attached hydrogens (primary N) is 1. The van der Waals surface area contributed by atoms with Gasteiger partial charge in [-0.05, 0) is 11.6 Å². The Balaban J connectivity index is 2.48. The van der Waals surface area contributed by atoms with E-state index in [1.54, 1.807) is 0 Å². The van der Waals surface area contributed by atoms with Crippen LogP contribution in [0.15, 0.2) is 42.6 Å². The van der Waals surface area contributed by atoms with Crippen LogP contribution in [0.5, 0.6) is 0 Å². The third-order valence-corrected chi connectivity index (χ3v) is 2.15. The lowest BCUT2D eigenvalue weighted by molar-refractivity contribution is 0.942. The maximum absolute atomic E-state index is 5.74. The van der Waals surface area contributed by atoms with Gasteiger partial charge in [0.2, 0.25) is 0 Å². The number of anilines is 1. The van der Waals surface area contributed by atoms with Gasteiger partial charge in [0.25, 0.3) is 0 Å². The van der Waals surface area contributed by atoms with Crippen molar-refractivity contribution >= 4 is 5.82 Å². The van der Waals surface area contributed by atoms with Crippen LogP contribution >= 0.6 is 0 Å². The predicted octanol–water partition coefficient (Wildman–Crippen LogP) is 2.27. The molecular formula is C11H12N2. The fraction of sp³-hybridized carbons (Fsp3) is 0.0909. The summed E-state index contributed by atoms with van der Waals surface area (Å²) < 4.78 is 1.92. The number of aromatic nitrogens is 1. The summed E-state index contributed by atoms with van der Waals surface area (Å²) in [5, 5.41) is 0. The lowest BCUT2D eigenvalue weighted by Crippen LogP contribution is -1.92. The van der Waals surface area contributed by atoms with Crippen molar-refractivity contribution in [2.24, 2.45) is 7.05 Å². The highest BCUT2D eigenvalue weighted by Gasteiger charge is 2.00. The average Bonchev–Trinajstić information content (AvgIpc) is 2.49. The SMILES string of the molecule is Cn1cc(-c2ccccc2)cc1N. The van der Waals surface area contributed by atoms with E-state index in [-0.39, 0.29) is 0 Å². The van der Waals surface area contributed by atoms with E-state index in [0.717, 1.165) is 5.82 Å².